The smallest absolute Gasteiger partial charge is 0.264 e. The van der Waals surface area contributed by atoms with Crippen LogP contribution in [-0.2, 0) is 14.9 Å². The number of hydrogen-bond donors (Lipinski definition) is 2. The lowest BCUT2D eigenvalue weighted by molar-refractivity contribution is -0.125. The molecule has 1 aliphatic carbocycles. The summed E-state index contributed by atoms with van der Waals surface area (Å²) in [7, 11) is -3.90. The maximum absolute atomic E-state index is 11.6. The molecule has 0 radical (unpaired) electrons. The minimum Gasteiger partial charge on any atom is -0.356 e. The van der Waals surface area contributed by atoms with E-state index >= 15 is 0 Å². The van der Waals surface area contributed by atoms with E-state index in [1.807, 2.05) is 0 Å². The van der Waals surface area contributed by atoms with Crippen LogP contribution in [0.3, 0.4) is 0 Å². The summed E-state index contributed by atoms with van der Waals surface area (Å²) in [5.41, 5.74) is 0. The summed E-state index contributed by atoms with van der Waals surface area (Å²) in [4.78, 5) is 11.6. The molecular weight excluding hydrogens is 230 g/mol. The second-order valence-electron chi connectivity index (χ2n) is 4.27. The number of hydrogen-bond acceptors (Lipinski definition) is 3. The fraction of sp³-hybridized carbons (Fsp3) is 0.900. The molecule has 0 aliphatic heterocycles. The molecule has 1 fully saturated rings. The molecule has 0 saturated heterocycles. The summed E-state index contributed by atoms with van der Waals surface area (Å²) in [5, 5.41) is 2.71. The monoisotopic (exact) mass is 249 g/mol. The lowest BCUT2D eigenvalue weighted by Gasteiger charge is -2.20. The largest absolute Gasteiger partial charge is 0.356 e. The number of nitrogens with one attached hydrogen (secondary N) is 1. The first-order valence-electron chi connectivity index (χ1n) is 5.72. The van der Waals surface area contributed by atoms with Gasteiger partial charge in [0.2, 0.25) is 5.91 Å². The average molecular weight is 249 g/mol. The van der Waals surface area contributed by atoms with Gasteiger partial charge < -0.3 is 5.32 Å². The predicted octanol–water partition coefficient (Wildman–Crippen LogP) is 0.961. The molecule has 1 rings (SSSR count). The third-order valence-corrected chi connectivity index (χ3v) is 3.66. The van der Waals surface area contributed by atoms with Gasteiger partial charge in [-0.25, -0.2) is 0 Å². The molecule has 6 heteroatoms. The SMILES string of the molecule is O=C(NCCCS(=O)(=O)O)C1CCCCC1. The van der Waals surface area contributed by atoms with Crippen LogP contribution in [0.25, 0.3) is 0 Å². The van der Waals surface area contributed by atoms with Gasteiger partial charge >= 0.3 is 0 Å². The Labute approximate surface area is 96.4 Å². The van der Waals surface area contributed by atoms with Crippen molar-refractivity contribution >= 4 is 16.0 Å². The molecule has 0 aromatic heterocycles. The van der Waals surface area contributed by atoms with Gasteiger partial charge in [0.05, 0.1) is 5.75 Å². The fourth-order valence-electron chi connectivity index (χ4n) is 1.98. The molecule has 1 amide bonds. The van der Waals surface area contributed by atoms with Crippen molar-refractivity contribution in [2.24, 2.45) is 5.92 Å². The van der Waals surface area contributed by atoms with Crippen molar-refractivity contribution in [1.82, 2.24) is 5.32 Å². The molecule has 0 unspecified atom stereocenters. The van der Waals surface area contributed by atoms with E-state index < -0.39 is 10.1 Å². The predicted molar refractivity (Wildman–Crippen MR) is 60.6 cm³/mol. The highest BCUT2D eigenvalue weighted by Gasteiger charge is 2.20. The zero-order valence-electron chi connectivity index (χ0n) is 9.31. The summed E-state index contributed by atoms with van der Waals surface area (Å²) in [6.07, 6.45) is 5.53. The van der Waals surface area contributed by atoms with Crippen LogP contribution in [0.5, 0.6) is 0 Å². The van der Waals surface area contributed by atoms with Crippen LogP contribution in [0.2, 0.25) is 0 Å². The molecule has 0 atom stereocenters. The van der Waals surface area contributed by atoms with Gasteiger partial charge in [0.1, 0.15) is 0 Å². The van der Waals surface area contributed by atoms with Crippen molar-refractivity contribution in [3.63, 3.8) is 0 Å². The summed E-state index contributed by atoms with van der Waals surface area (Å²) in [6.45, 7) is 0.315. The Bertz CT molecular complexity index is 320. The first-order valence-corrected chi connectivity index (χ1v) is 7.33. The Balaban J connectivity index is 2.14. The highest BCUT2D eigenvalue weighted by molar-refractivity contribution is 7.85. The van der Waals surface area contributed by atoms with Crippen LogP contribution in [0, 0.1) is 5.92 Å². The van der Waals surface area contributed by atoms with Crippen LogP contribution in [0.1, 0.15) is 38.5 Å². The number of rotatable bonds is 5. The zero-order chi connectivity index (χ0) is 12.0. The van der Waals surface area contributed by atoms with Crippen LogP contribution >= 0.6 is 0 Å². The molecule has 0 bridgehead atoms. The Morgan fingerprint density at radius 1 is 1.25 bits per heavy atom. The minimum absolute atomic E-state index is 0.0232. The number of carbonyl (C=O) groups is 1. The van der Waals surface area contributed by atoms with E-state index in [9.17, 15) is 13.2 Å². The van der Waals surface area contributed by atoms with E-state index in [1.54, 1.807) is 0 Å². The van der Waals surface area contributed by atoms with E-state index in [4.69, 9.17) is 4.55 Å². The molecule has 1 saturated carbocycles. The topological polar surface area (TPSA) is 83.5 Å². The number of amides is 1. The summed E-state index contributed by atoms with van der Waals surface area (Å²) in [6, 6.07) is 0. The molecule has 0 heterocycles. The van der Waals surface area contributed by atoms with E-state index in [1.165, 1.54) is 6.42 Å². The third-order valence-electron chi connectivity index (χ3n) is 2.85. The molecule has 0 aromatic rings. The summed E-state index contributed by atoms with van der Waals surface area (Å²) < 4.78 is 29.3. The van der Waals surface area contributed by atoms with Crippen LogP contribution < -0.4 is 5.32 Å². The van der Waals surface area contributed by atoms with Gasteiger partial charge in [0.25, 0.3) is 10.1 Å². The Hall–Kier alpha value is -0.620. The third kappa shape index (κ3) is 5.46. The molecule has 0 aromatic carbocycles. The number of carbonyl (C=O) groups excluding carboxylic acids is 1. The average Bonchev–Trinajstić information content (AvgIpc) is 2.24. The molecular formula is C10H19NO4S. The Morgan fingerprint density at radius 2 is 1.88 bits per heavy atom. The second kappa shape index (κ2) is 6.20. The van der Waals surface area contributed by atoms with Crippen molar-refractivity contribution in [3.8, 4) is 0 Å². The van der Waals surface area contributed by atoms with Crippen molar-refractivity contribution in [2.75, 3.05) is 12.3 Å². The molecule has 1 aliphatic rings. The van der Waals surface area contributed by atoms with Gasteiger partial charge in [-0.1, -0.05) is 19.3 Å². The Kier molecular flexibility index (Phi) is 5.21. The highest BCUT2D eigenvalue weighted by atomic mass is 32.2. The lowest BCUT2D eigenvalue weighted by Crippen LogP contribution is -2.33. The first-order chi connectivity index (χ1) is 7.49. The van der Waals surface area contributed by atoms with Crippen molar-refractivity contribution in [1.29, 1.82) is 0 Å². The fourth-order valence-corrected chi connectivity index (χ4v) is 2.48. The van der Waals surface area contributed by atoms with Crippen molar-refractivity contribution in [2.45, 2.75) is 38.5 Å². The van der Waals surface area contributed by atoms with Gasteiger partial charge in [0, 0.05) is 12.5 Å². The molecule has 16 heavy (non-hydrogen) atoms. The second-order valence-corrected chi connectivity index (χ2v) is 5.84. The van der Waals surface area contributed by atoms with Crippen LogP contribution in [0.4, 0.5) is 0 Å². The van der Waals surface area contributed by atoms with Gasteiger partial charge in [-0.05, 0) is 19.3 Å². The van der Waals surface area contributed by atoms with Gasteiger partial charge in [-0.3, -0.25) is 9.35 Å². The van der Waals surface area contributed by atoms with E-state index in [0.717, 1.165) is 25.7 Å². The van der Waals surface area contributed by atoms with Crippen LogP contribution in [0.15, 0.2) is 0 Å². The molecule has 94 valence electrons. The zero-order valence-corrected chi connectivity index (χ0v) is 10.1. The minimum atomic E-state index is -3.90. The van der Waals surface area contributed by atoms with Crippen LogP contribution in [-0.4, -0.2) is 31.2 Å². The van der Waals surface area contributed by atoms with E-state index in [-0.39, 0.29) is 24.0 Å². The lowest BCUT2D eigenvalue weighted by atomic mass is 9.89. The molecule has 0 spiro atoms. The first kappa shape index (κ1) is 13.4. The normalized spacial score (nSPS) is 18.3. The van der Waals surface area contributed by atoms with Gasteiger partial charge in [-0.15, -0.1) is 0 Å². The molecule has 2 N–H and O–H groups in total. The summed E-state index contributed by atoms with van der Waals surface area (Å²) >= 11 is 0. The van der Waals surface area contributed by atoms with Crippen molar-refractivity contribution < 1.29 is 17.8 Å². The maximum atomic E-state index is 11.6. The van der Waals surface area contributed by atoms with E-state index in [0.29, 0.717) is 6.54 Å². The van der Waals surface area contributed by atoms with E-state index in [2.05, 4.69) is 5.32 Å². The molecule has 5 nitrogen and oxygen atoms in total. The Morgan fingerprint density at radius 3 is 2.44 bits per heavy atom. The quantitative estimate of drug-likeness (QED) is 0.561. The maximum Gasteiger partial charge on any atom is 0.264 e. The van der Waals surface area contributed by atoms with Gasteiger partial charge in [-0.2, -0.15) is 8.42 Å². The standard InChI is InChI=1S/C10H19NO4S/c12-10(9-5-2-1-3-6-9)11-7-4-8-16(13,14)15/h9H,1-8H2,(H,11,12)(H,13,14,15). The van der Waals surface area contributed by atoms with Crippen molar-refractivity contribution in [3.05, 3.63) is 0 Å². The highest BCUT2D eigenvalue weighted by Crippen LogP contribution is 2.23. The van der Waals surface area contributed by atoms with Gasteiger partial charge in [0.15, 0.2) is 0 Å². The summed E-state index contributed by atoms with van der Waals surface area (Å²) in [5.74, 6) is -0.174.